The van der Waals surface area contributed by atoms with Crippen LogP contribution in [-0.2, 0) is 48.3 Å². The first-order chi connectivity index (χ1) is 35.4. The molecule has 0 saturated heterocycles. The molecule has 410 valence electrons. The van der Waals surface area contributed by atoms with Gasteiger partial charge >= 0.3 is 30.3 Å². The molecule has 0 unspecified atom stereocenters. The third-order valence-corrected chi connectivity index (χ3v) is 9.94. The van der Waals surface area contributed by atoms with Crippen LogP contribution in [0.5, 0.6) is 0 Å². The number of aryl methyl sites for hydroxylation is 5. The summed E-state index contributed by atoms with van der Waals surface area (Å²) in [5.41, 5.74) is 8.94. The highest BCUT2D eigenvalue weighted by Gasteiger charge is 2.20. The molecule has 0 aromatic heterocycles. The molecule has 17 nitrogen and oxygen atoms in total. The van der Waals surface area contributed by atoms with Crippen LogP contribution in [0.1, 0.15) is 123 Å². The first kappa shape index (κ1) is 64.1. The van der Waals surface area contributed by atoms with Crippen molar-refractivity contribution in [2.45, 2.75) is 134 Å². The monoisotopic (exact) mass is 1050 g/mol. The maximum Gasteiger partial charge on any atom is 0.412 e. The van der Waals surface area contributed by atoms with Crippen molar-refractivity contribution < 1.29 is 62.7 Å². The summed E-state index contributed by atoms with van der Waals surface area (Å²) in [6, 6.07) is 30.6. The average Bonchev–Trinajstić information content (AvgIpc) is 3.32. The predicted octanol–water partition coefficient (Wildman–Crippen LogP) is 12.6. The maximum absolute atomic E-state index is 12.2. The first-order valence-electron chi connectivity index (χ1n) is 24.3. The molecule has 5 aromatic rings. The van der Waals surface area contributed by atoms with Crippen molar-refractivity contribution in [1.82, 2.24) is 5.32 Å². The highest BCUT2D eigenvalue weighted by Crippen LogP contribution is 2.22. The van der Waals surface area contributed by atoms with Crippen molar-refractivity contribution in [1.29, 1.82) is 0 Å². The van der Waals surface area contributed by atoms with E-state index in [0.29, 0.717) is 28.2 Å². The van der Waals surface area contributed by atoms with E-state index in [1.807, 2.05) is 89.2 Å². The van der Waals surface area contributed by atoms with Crippen LogP contribution in [0, 0.1) is 34.6 Å². The molecule has 0 aliphatic heterocycles. The molecule has 6 N–H and O–H groups in total. The van der Waals surface area contributed by atoms with Crippen LogP contribution in [0.3, 0.4) is 0 Å². The molecule has 76 heavy (non-hydrogen) atoms. The lowest BCUT2D eigenvalue weighted by Crippen LogP contribution is -2.28. The van der Waals surface area contributed by atoms with E-state index in [1.165, 1.54) is 24.3 Å². The maximum atomic E-state index is 12.2. The number of ether oxygens (including phenoxy) is 5. The van der Waals surface area contributed by atoms with E-state index in [-0.39, 0.29) is 25.5 Å². The Morgan fingerprint density at radius 2 is 0.895 bits per heavy atom. The third-order valence-electron chi connectivity index (χ3n) is 9.94. The van der Waals surface area contributed by atoms with E-state index in [9.17, 15) is 28.8 Å². The number of benzene rings is 5. The minimum Gasteiger partial charge on any atom is -0.464 e. The summed E-state index contributed by atoms with van der Waals surface area (Å²) in [4.78, 5) is 69.9. The number of alkyl carbamates (subject to hydrolysis) is 1. The summed E-state index contributed by atoms with van der Waals surface area (Å²) in [5, 5.41) is 28.1. The third kappa shape index (κ3) is 25.8. The van der Waals surface area contributed by atoms with Crippen LogP contribution in [-0.4, -0.2) is 70.8 Å². The zero-order chi connectivity index (χ0) is 57.4. The number of hydrogen-bond donors (Lipinski definition) is 6. The number of aliphatic hydroxyl groups is 2. The Hall–Kier alpha value is -8.02. The van der Waals surface area contributed by atoms with E-state index in [4.69, 9.17) is 33.9 Å². The van der Waals surface area contributed by atoms with Crippen molar-refractivity contribution >= 4 is 59.8 Å². The second kappa shape index (κ2) is 30.4. The number of methoxy groups -OCH3 is 1. The summed E-state index contributed by atoms with van der Waals surface area (Å²) >= 11 is 0. The molecular weight excluding hydrogens is 973 g/mol. The number of esters is 1. The topological polar surface area (TPSA) is 237 Å². The van der Waals surface area contributed by atoms with E-state index >= 15 is 0 Å². The van der Waals surface area contributed by atoms with Gasteiger partial charge in [-0.05, 0) is 189 Å². The summed E-state index contributed by atoms with van der Waals surface area (Å²) < 4.78 is 25.4. The number of carbonyl (C=O) groups excluding carboxylic acids is 6. The van der Waals surface area contributed by atoms with Gasteiger partial charge < -0.3 is 33.9 Å². The normalized spacial score (nSPS) is 11.0. The lowest BCUT2D eigenvalue weighted by Gasteiger charge is -2.20. The van der Waals surface area contributed by atoms with E-state index < -0.39 is 47.1 Å². The van der Waals surface area contributed by atoms with Crippen molar-refractivity contribution in [3.8, 4) is 0 Å². The fourth-order valence-electron chi connectivity index (χ4n) is 6.22. The summed E-state index contributed by atoms with van der Waals surface area (Å²) in [6.07, 6.45) is -0.103. The lowest BCUT2D eigenvalue weighted by atomic mass is 10.1. The van der Waals surface area contributed by atoms with Crippen LogP contribution in [0.4, 0.5) is 36.2 Å². The number of hydrogen-bond acceptors (Lipinski definition) is 13. The molecule has 0 heterocycles. The van der Waals surface area contributed by atoms with Crippen LogP contribution in [0.2, 0.25) is 0 Å². The van der Waals surface area contributed by atoms with Gasteiger partial charge in [0.15, 0.2) is 0 Å². The van der Waals surface area contributed by atoms with Crippen molar-refractivity contribution in [3.63, 3.8) is 0 Å². The van der Waals surface area contributed by atoms with Crippen molar-refractivity contribution in [3.05, 3.63) is 164 Å². The average molecular weight is 1050 g/mol. The Bertz CT molecular complexity index is 2770. The van der Waals surface area contributed by atoms with E-state index in [2.05, 4.69) is 35.1 Å². The van der Waals surface area contributed by atoms with E-state index in [1.54, 1.807) is 97.0 Å². The van der Waals surface area contributed by atoms with Gasteiger partial charge in [-0.25, -0.2) is 24.0 Å². The van der Waals surface area contributed by atoms with Gasteiger partial charge in [0.2, 0.25) is 0 Å². The van der Waals surface area contributed by atoms with Crippen molar-refractivity contribution in [2.24, 2.45) is 0 Å². The molecule has 0 fully saturated rings. The minimum absolute atomic E-state index is 0.00639. The number of carbonyl (C=O) groups is 6. The van der Waals surface area contributed by atoms with Crippen molar-refractivity contribution in [2.75, 3.05) is 23.1 Å². The smallest absolute Gasteiger partial charge is 0.412 e. The lowest BCUT2D eigenvalue weighted by molar-refractivity contribution is -0.136. The number of nitrogens with one attached hydrogen (secondary N) is 4. The predicted molar refractivity (Wildman–Crippen MR) is 296 cm³/mol. The molecule has 5 aromatic carbocycles. The standard InChI is InChI=1S/C24H28N2O6.C13H19NO3.C13H17NO3.C9H12O/c1-16-13-18(11-12-19(16)25-23(29)32-24(2,3)4)14-20(21(27)30-5)26-22(28)31-15-17-9-7-6-8-10-17;2*1-9-7-10(8-15)5-6-11(9)14-12(16)17-13(2,3)4;1-7-3-4-9(6-10)5-8(7)2/h6-14H,15H2,1-5H3,(H,25,29)(H,26,28);5-7,15H,8H2,1-4H3,(H,14,16);5-8H,1-4H3,(H,14,16);3-5,10H,6H2,1-2H3/b20-14-;;;. The second-order valence-electron chi connectivity index (χ2n) is 20.3. The van der Waals surface area contributed by atoms with Gasteiger partial charge in [-0.3, -0.25) is 26.1 Å². The van der Waals surface area contributed by atoms with E-state index in [0.717, 1.165) is 39.7 Å². The second-order valence-corrected chi connectivity index (χ2v) is 20.3. The van der Waals surface area contributed by atoms with Crippen LogP contribution in [0.25, 0.3) is 6.08 Å². The Labute approximate surface area is 447 Å². The first-order valence-corrected chi connectivity index (χ1v) is 24.3. The molecular formula is C59H76N4O13. The molecule has 0 spiro atoms. The Morgan fingerprint density at radius 1 is 0.487 bits per heavy atom. The highest BCUT2D eigenvalue weighted by molar-refractivity contribution is 5.97. The molecule has 0 bridgehead atoms. The molecule has 5 rings (SSSR count). The van der Waals surface area contributed by atoms with Gasteiger partial charge in [0, 0.05) is 22.6 Å². The number of rotatable bonds is 11. The minimum atomic E-state index is -0.787. The summed E-state index contributed by atoms with van der Waals surface area (Å²) in [5.74, 6) is -0.727. The number of aliphatic hydroxyl groups excluding tert-OH is 2. The van der Waals surface area contributed by atoms with Crippen LogP contribution in [0.15, 0.2) is 109 Å². The SMILES string of the molecule is COC(=O)/C(=C/c1ccc(NC(=O)OC(C)(C)C)c(C)c1)NC(=O)OCc1ccccc1.Cc1cc(C=O)ccc1NC(=O)OC(C)(C)C.Cc1cc(CO)ccc1NC(=O)OC(C)(C)C.Cc1ccc(CO)cc1C. The van der Waals surface area contributed by atoms with Gasteiger partial charge in [-0.2, -0.15) is 0 Å². The molecule has 0 radical (unpaired) electrons. The zero-order valence-corrected chi connectivity index (χ0v) is 46.5. The zero-order valence-electron chi connectivity index (χ0n) is 46.5. The quantitative estimate of drug-likeness (QED) is 0.0313. The Kier molecular flexibility index (Phi) is 25.6. The van der Waals surface area contributed by atoms with Gasteiger partial charge in [0.25, 0.3) is 0 Å². The molecule has 17 heteroatoms. The fourth-order valence-corrected chi connectivity index (χ4v) is 6.22. The Balaban J connectivity index is 0.000000379. The fraction of sp³-hybridized carbons (Fsp3) is 0.356. The molecule has 0 saturated carbocycles. The number of amides is 4. The highest BCUT2D eigenvalue weighted by atomic mass is 16.6. The van der Waals surface area contributed by atoms with Crippen LogP contribution < -0.4 is 21.3 Å². The number of aldehydes is 1. The molecule has 4 amide bonds. The summed E-state index contributed by atoms with van der Waals surface area (Å²) in [7, 11) is 1.21. The molecule has 0 aliphatic rings. The van der Waals surface area contributed by atoms with Gasteiger partial charge in [-0.15, -0.1) is 0 Å². The van der Waals surface area contributed by atoms with Gasteiger partial charge in [0.1, 0.15) is 35.4 Å². The van der Waals surface area contributed by atoms with Crippen LogP contribution >= 0.6 is 0 Å². The molecule has 0 atom stereocenters. The van der Waals surface area contributed by atoms with Gasteiger partial charge in [0.05, 0.1) is 20.3 Å². The largest absolute Gasteiger partial charge is 0.464 e. The summed E-state index contributed by atoms with van der Waals surface area (Å²) in [6.45, 7) is 26.0. The number of anilines is 3. The Morgan fingerprint density at radius 3 is 1.29 bits per heavy atom. The molecule has 0 aliphatic carbocycles. The van der Waals surface area contributed by atoms with Gasteiger partial charge in [-0.1, -0.05) is 66.7 Å².